The number of rotatable bonds is 3. The van der Waals surface area contributed by atoms with Crippen molar-refractivity contribution in [2.75, 3.05) is 5.32 Å². The van der Waals surface area contributed by atoms with Crippen LogP contribution in [-0.2, 0) is 18.8 Å². The van der Waals surface area contributed by atoms with Crippen molar-refractivity contribution in [1.29, 1.82) is 0 Å². The summed E-state index contributed by atoms with van der Waals surface area (Å²) in [6, 6.07) is 13.7. The molecule has 3 rings (SSSR count). The molecular weight excluding hydrogens is 401 g/mol. The number of hydrogen-bond donors (Lipinski definition) is 3. The summed E-state index contributed by atoms with van der Waals surface area (Å²) in [5.41, 5.74) is 2.33. The quantitative estimate of drug-likeness (QED) is 0.397. The first-order valence-electron chi connectivity index (χ1n) is 7.99. The number of Topliss-reactive ketones (excluding diaryl/α,β-unsaturated/α-hetero) is 1. The van der Waals surface area contributed by atoms with Crippen LogP contribution in [0.15, 0.2) is 48.5 Å². The molecule has 138 valence electrons. The molecule has 0 saturated heterocycles. The first kappa shape index (κ1) is 20.1. The molecule has 2 aromatic rings. The first-order valence-corrected chi connectivity index (χ1v) is 11.3. The van der Waals surface area contributed by atoms with Crippen LogP contribution in [0.25, 0.3) is 0 Å². The van der Waals surface area contributed by atoms with Crippen molar-refractivity contribution < 1.29 is 26.6 Å². The smallest absolute Gasteiger partial charge is 0.163 e. The number of amides is 1. The molecule has 0 bridgehead atoms. The molecule has 0 saturated carbocycles. The van der Waals surface area contributed by atoms with E-state index < -0.39 is 14.2 Å². The maximum atomic E-state index is 11.4. The van der Waals surface area contributed by atoms with Crippen LogP contribution in [0.5, 0.6) is 0 Å². The van der Waals surface area contributed by atoms with E-state index in [0.29, 0.717) is 5.78 Å². The summed E-state index contributed by atoms with van der Waals surface area (Å²) in [5, 5.41) is 10.7. The second-order valence-corrected chi connectivity index (χ2v) is 9.27. The Kier molecular flexibility index (Phi) is 6.94. The van der Waals surface area contributed by atoms with E-state index in [1.165, 1.54) is 30.7 Å². The third kappa shape index (κ3) is 5.16. The Balaban J connectivity index is 0.000000195. The SMILES string of the molecule is CC(=O)Nc1ccccc1[As](=O)(O)OO.O=C1CCCc2ccccc21. The second kappa shape index (κ2) is 8.96. The predicted molar refractivity (Wildman–Crippen MR) is 96.5 cm³/mol. The Morgan fingerprint density at radius 1 is 1.12 bits per heavy atom. The van der Waals surface area contributed by atoms with Crippen molar-refractivity contribution >= 4 is 35.9 Å². The van der Waals surface area contributed by atoms with Crippen LogP contribution < -0.4 is 9.67 Å². The van der Waals surface area contributed by atoms with Gasteiger partial charge in [-0.1, -0.05) is 24.3 Å². The zero-order chi connectivity index (χ0) is 19.2. The number of benzene rings is 2. The normalized spacial score (nSPS) is 15.1. The molecule has 26 heavy (non-hydrogen) atoms. The Labute approximate surface area is 153 Å². The van der Waals surface area contributed by atoms with Crippen molar-refractivity contribution in [1.82, 2.24) is 0 Å². The Hall–Kier alpha value is -2.18. The van der Waals surface area contributed by atoms with E-state index in [0.717, 1.165) is 24.8 Å². The van der Waals surface area contributed by atoms with Gasteiger partial charge in [0.25, 0.3) is 0 Å². The average molecular weight is 421 g/mol. The number of para-hydroxylation sites is 1. The molecule has 1 unspecified atom stereocenters. The standard InChI is InChI=1S/C10H10O.C8H10AsNO5/c11-10-7-3-5-8-4-1-2-6-9(8)10;1-6(11)10-8-5-3-2-4-7(8)9(12,13)15-14/h1-2,4,6H,3,5,7H2;2-5,14H,1H3,(H,10,11)(H,12,13). The van der Waals surface area contributed by atoms with Gasteiger partial charge in [-0.2, -0.15) is 0 Å². The number of hydrogen-bond acceptors (Lipinski definition) is 5. The molecule has 1 aliphatic rings. The maximum Gasteiger partial charge on any atom is 0.163 e. The third-order valence-electron chi connectivity index (χ3n) is 3.80. The van der Waals surface area contributed by atoms with E-state index >= 15 is 0 Å². The molecule has 0 heterocycles. The van der Waals surface area contributed by atoms with Gasteiger partial charge in [-0.15, -0.1) is 0 Å². The molecule has 3 N–H and O–H groups in total. The summed E-state index contributed by atoms with van der Waals surface area (Å²) in [4.78, 5) is 22.1. The summed E-state index contributed by atoms with van der Waals surface area (Å²) in [7, 11) is 0. The topological polar surface area (TPSA) is 113 Å². The Bertz CT molecular complexity index is 851. The molecule has 0 spiro atoms. The van der Waals surface area contributed by atoms with E-state index in [-0.39, 0.29) is 15.9 Å². The van der Waals surface area contributed by atoms with Crippen molar-refractivity contribution in [2.24, 2.45) is 0 Å². The van der Waals surface area contributed by atoms with Crippen LogP contribution in [0, 0.1) is 0 Å². The van der Waals surface area contributed by atoms with Crippen molar-refractivity contribution in [3.63, 3.8) is 0 Å². The summed E-state index contributed by atoms with van der Waals surface area (Å²) in [6.07, 6.45) is 2.83. The second-order valence-electron chi connectivity index (χ2n) is 5.73. The monoisotopic (exact) mass is 421 g/mol. The van der Waals surface area contributed by atoms with Crippen molar-refractivity contribution in [3.8, 4) is 0 Å². The molecule has 1 amide bonds. The van der Waals surface area contributed by atoms with Crippen LogP contribution in [0.4, 0.5) is 5.69 Å². The van der Waals surface area contributed by atoms with Gasteiger partial charge in [-0.25, -0.2) is 0 Å². The molecule has 0 fully saturated rings. The van der Waals surface area contributed by atoms with Gasteiger partial charge in [0.15, 0.2) is 5.78 Å². The van der Waals surface area contributed by atoms with Gasteiger partial charge in [0, 0.05) is 12.0 Å². The van der Waals surface area contributed by atoms with E-state index in [9.17, 15) is 17.4 Å². The minimum absolute atomic E-state index is 0.103. The summed E-state index contributed by atoms with van der Waals surface area (Å²) in [5.74, 6) is -0.0669. The van der Waals surface area contributed by atoms with Crippen LogP contribution >= 0.6 is 0 Å². The van der Waals surface area contributed by atoms with Crippen LogP contribution in [0.1, 0.15) is 35.7 Å². The van der Waals surface area contributed by atoms with E-state index in [4.69, 9.17) is 5.26 Å². The predicted octanol–water partition coefficient (Wildman–Crippen LogP) is 1.91. The van der Waals surface area contributed by atoms with E-state index in [1.54, 1.807) is 6.07 Å². The van der Waals surface area contributed by atoms with E-state index in [2.05, 4.69) is 9.19 Å². The minimum atomic E-state index is -4.92. The van der Waals surface area contributed by atoms with Gasteiger partial charge in [-0.3, -0.25) is 4.79 Å². The summed E-state index contributed by atoms with van der Waals surface area (Å²) < 4.78 is 24.1. The van der Waals surface area contributed by atoms with Crippen molar-refractivity contribution in [3.05, 3.63) is 59.7 Å². The fourth-order valence-corrected chi connectivity index (χ4v) is 4.32. The fraction of sp³-hybridized carbons (Fsp3) is 0.222. The molecule has 1 aliphatic carbocycles. The number of aryl methyl sites for hydroxylation is 1. The average Bonchev–Trinajstić information content (AvgIpc) is 2.63. The van der Waals surface area contributed by atoms with Gasteiger partial charge >= 0.3 is 88.4 Å². The number of anilines is 1. The summed E-state index contributed by atoms with van der Waals surface area (Å²) >= 11 is -4.92. The first-order chi connectivity index (χ1) is 12.3. The number of carbonyl (C=O) groups excluding carboxylic acids is 2. The maximum absolute atomic E-state index is 11.4. The molecule has 1 atom stereocenters. The minimum Gasteiger partial charge on any atom is -0.294 e. The van der Waals surface area contributed by atoms with Gasteiger partial charge in [0.05, 0.1) is 0 Å². The number of fused-ring (bicyclic) bond motifs is 1. The number of ketones is 1. The number of carbonyl (C=O) groups is 2. The number of nitrogens with one attached hydrogen (secondary N) is 1. The largest absolute Gasteiger partial charge is 0.294 e. The Morgan fingerprint density at radius 2 is 1.77 bits per heavy atom. The van der Waals surface area contributed by atoms with Gasteiger partial charge in [0.1, 0.15) is 0 Å². The zero-order valence-electron chi connectivity index (χ0n) is 14.2. The Morgan fingerprint density at radius 3 is 2.42 bits per heavy atom. The van der Waals surface area contributed by atoms with Gasteiger partial charge < -0.3 is 0 Å². The van der Waals surface area contributed by atoms with Crippen LogP contribution in [-0.4, -0.2) is 35.2 Å². The van der Waals surface area contributed by atoms with Gasteiger partial charge in [0.2, 0.25) is 0 Å². The fourth-order valence-electron chi connectivity index (χ4n) is 2.64. The van der Waals surface area contributed by atoms with Crippen LogP contribution in [0.2, 0.25) is 0 Å². The van der Waals surface area contributed by atoms with E-state index in [1.807, 2.05) is 24.3 Å². The molecule has 0 aliphatic heterocycles. The molecule has 7 nitrogen and oxygen atoms in total. The molecule has 0 radical (unpaired) electrons. The summed E-state index contributed by atoms with van der Waals surface area (Å²) in [6.45, 7) is 1.27. The van der Waals surface area contributed by atoms with Crippen molar-refractivity contribution in [2.45, 2.75) is 26.2 Å². The molecule has 8 heteroatoms. The molecule has 0 aromatic heterocycles. The van der Waals surface area contributed by atoms with Crippen LogP contribution in [0.3, 0.4) is 0 Å². The molecule has 2 aromatic carbocycles. The van der Waals surface area contributed by atoms with Gasteiger partial charge in [-0.05, 0) is 18.4 Å². The third-order valence-corrected chi connectivity index (χ3v) is 6.36. The zero-order valence-corrected chi connectivity index (χ0v) is 16.1. The molecular formula is C18H20AsNO6.